The minimum absolute atomic E-state index is 0.0643. The molecule has 0 aliphatic carbocycles. The Morgan fingerprint density at radius 3 is 2.38 bits per heavy atom. The highest BCUT2D eigenvalue weighted by molar-refractivity contribution is 5.88. The van der Waals surface area contributed by atoms with Crippen LogP contribution in [0.4, 0.5) is 0 Å². The maximum absolute atomic E-state index is 12.3. The second-order valence-electron chi connectivity index (χ2n) is 8.17. The van der Waals surface area contributed by atoms with Crippen molar-refractivity contribution in [2.24, 2.45) is 5.41 Å². The van der Waals surface area contributed by atoms with Crippen molar-refractivity contribution < 1.29 is 14.7 Å². The molecule has 1 rings (SSSR count). The molecule has 1 heterocycles. The summed E-state index contributed by atoms with van der Waals surface area (Å²) in [6.07, 6.45) is 7.20. The molecule has 1 aliphatic rings. The number of hydrogen-bond donors (Lipinski definition) is 2. The zero-order chi connectivity index (χ0) is 18.2. The Balaban J connectivity index is 2.16. The summed E-state index contributed by atoms with van der Waals surface area (Å²) in [5.41, 5.74) is 0.418. The number of aliphatic hydroxyl groups excluding tert-OH is 1. The first kappa shape index (κ1) is 20.9. The van der Waals surface area contributed by atoms with Gasteiger partial charge in [-0.05, 0) is 18.3 Å². The van der Waals surface area contributed by atoms with Crippen molar-refractivity contribution in [3.63, 3.8) is 0 Å². The van der Waals surface area contributed by atoms with E-state index >= 15 is 0 Å². The number of aliphatic hydroxyl groups is 1. The van der Waals surface area contributed by atoms with E-state index in [1.807, 2.05) is 0 Å². The number of nitrogens with one attached hydrogen (secondary N) is 1. The Hall–Kier alpha value is -1.10. The van der Waals surface area contributed by atoms with Crippen molar-refractivity contribution in [3.05, 3.63) is 0 Å². The lowest BCUT2D eigenvalue weighted by molar-refractivity contribution is -0.138. The zero-order valence-corrected chi connectivity index (χ0v) is 15.9. The molecule has 2 amide bonds. The second kappa shape index (κ2) is 10.0. The van der Waals surface area contributed by atoms with Crippen LogP contribution < -0.4 is 5.32 Å². The molecular weight excluding hydrogens is 304 g/mol. The SMILES string of the molecule is CCC(=O)N1CC(O)CC1C(=O)NCCCCCCCC(C)(C)C. The lowest BCUT2D eigenvalue weighted by Gasteiger charge is -2.23. The summed E-state index contributed by atoms with van der Waals surface area (Å²) < 4.78 is 0. The standard InChI is InChI=1S/C19H36N2O3/c1-5-17(23)21-14-15(22)13-16(21)18(24)20-12-10-8-6-7-9-11-19(2,3)4/h15-16,22H,5-14H2,1-4H3,(H,20,24). The van der Waals surface area contributed by atoms with Crippen LogP contribution in [-0.4, -0.2) is 47.1 Å². The number of β-amino-alcohol motifs (C(OH)–C–C–N with tert-alkyl or cyclic N) is 1. The van der Waals surface area contributed by atoms with Crippen LogP contribution >= 0.6 is 0 Å². The molecule has 24 heavy (non-hydrogen) atoms. The summed E-state index contributed by atoms with van der Waals surface area (Å²) in [5.74, 6) is -0.188. The Bertz CT molecular complexity index is 404. The molecule has 0 aromatic heterocycles. The minimum Gasteiger partial charge on any atom is -0.391 e. The van der Waals surface area contributed by atoms with Gasteiger partial charge in [-0.15, -0.1) is 0 Å². The van der Waals surface area contributed by atoms with E-state index in [9.17, 15) is 14.7 Å². The zero-order valence-electron chi connectivity index (χ0n) is 15.9. The van der Waals surface area contributed by atoms with Crippen LogP contribution in [0.5, 0.6) is 0 Å². The van der Waals surface area contributed by atoms with Gasteiger partial charge < -0.3 is 15.3 Å². The Labute approximate surface area is 147 Å². The first-order valence-corrected chi connectivity index (χ1v) is 9.50. The van der Waals surface area contributed by atoms with E-state index in [2.05, 4.69) is 26.1 Å². The van der Waals surface area contributed by atoms with Gasteiger partial charge in [0.05, 0.1) is 6.10 Å². The molecular formula is C19H36N2O3. The summed E-state index contributed by atoms with van der Waals surface area (Å²) in [6.45, 7) is 9.53. The number of hydrogen-bond acceptors (Lipinski definition) is 3. The van der Waals surface area contributed by atoms with Crippen LogP contribution in [-0.2, 0) is 9.59 Å². The molecule has 140 valence electrons. The van der Waals surface area contributed by atoms with Gasteiger partial charge in [-0.2, -0.15) is 0 Å². The van der Waals surface area contributed by atoms with E-state index in [0.29, 0.717) is 24.8 Å². The number of carbonyl (C=O) groups is 2. The number of rotatable bonds is 9. The van der Waals surface area contributed by atoms with Gasteiger partial charge in [0, 0.05) is 25.9 Å². The predicted octanol–water partition coefficient (Wildman–Crippen LogP) is 2.86. The second-order valence-corrected chi connectivity index (χ2v) is 8.17. The smallest absolute Gasteiger partial charge is 0.242 e. The lowest BCUT2D eigenvalue weighted by Crippen LogP contribution is -2.46. The molecule has 1 saturated heterocycles. The van der Waals surface area contributed by atoms with Gasteiger partial charge >= 0.3 is 0 Å². The normalized spacial score (nSPS) is 21.1. The number of carbonyl (C=O) groups excluding carboxylic acids is 2. The predicted molar refractivity (Wildman–Crippen MR) is 96.6 cm³/mol. The van der Waals surface area contributed by atoms with E-state index in [4.69, 9.17) is 0 Å². The van der Waals surface area contributed by atoms with Gasteiger partial charge in [0.15, 0.2) is 0 Å². The summed E-state index contributed by atoms with van der Waals surface area (Å²) in [5, 5.41) is 12.7. The van der Waals surface area contributed by atoms with Crippen LogP contribution in [0.25, 0.3) is 0 Å². The number of amides is 2. The van der Waals surface area contributed by atoms with Gasteiger partial charge in [-0.1, -0.05) is 53.4 Å². The average molecular weight is 341 g/mol. The molecule has 0 bridgehead atoms. The van der Waals surface area contributed by atoms with Gasteiger partial charge in [0.2, 0.25) is 11.8 Å². The maximum Gasteiger partial charge on any atom is 0.242 e. The first-order valence-electron chi connectivity index (χ1n) is 9.50. The molecule has 5 nitrogen and oxygen atoms in total. The van der Waals surface area contributed by atoms with Crippen LogP contribution in [0.3, 0.4) is 0 Å². The lowest BCUT2D eigenvalue weighted by atomic mass is 9.89. The van der Waals surface area contributed by atoms with Gasteiger partial charge in [-0.3, -0.25) is 9.59 Å². The molecule has 0 radical (unpaired) electrons. The van der Waals surface area contributed by atoms with Gasteiger partial charge in [0.25, 0.3) is 0 Å². The van der Waals surface area contributed by atoms with Gasteiger partial charge in [-0.25, -0.2) is 0 Å². The molecule has 2 unspecified atom stereocenters. The van der Waals surface area contributed by atoms with Crippen molar-refractivity contribution in [1.29, 1.82) is 0 Å². The molecule has 0 spiro atoms. The molecule has 2 N–H and O–H groups in total. The monoisotopic (exact) mass is 340 g/mol. The van der Waals surface area contributed by atoms with Crippen molar-refractivity contribution in [2.75, 3.05) is 13.1 Å². The fourth-order valence-corrected chi connectivity index (χ4v) is 3.18. The Kier molecular flexibility index (Phi) is 8.74. The third kappa shape index (κ3) is 7.65. The topological polar surface area (TPSA) is 69.6 Å². The number of unbranched alkanes of at least 4 members (excludes halogenated alkanes) is 4. The summed E-state index contributed by atoms with van der Waals surface area (Å²) in [4.78, 5) is 25.6. The number of nitrogens with zero attached hydrogens (tertiary/aromatic N) is 1. The summed E-state index contributed by atoms with van der Waals surface area (Å²) >= 11 is 0. The van der Waals surface area contributed by atoms with Crippen molar-refractivity contribution in [1.82, 2.24) is 10.2 Å². The van der Waals surface area contributed by atoms with E-state index in [0.717, 1.165) is 12.8 Å². The third-order valence-electron chi connectivity index (χ3n) is 4.61. The highest BCUT2D eigenvalue weighted by atomic mass is 16.3. The molecule has 0 saturated carbocycles. The Morgan fingerprint density at radius 1 is 1.12 bits per heavy atom. The van der Waals surface area contributed by atoms with Crippen LogP contribution in [0.15, 0.2) is 0 Å². The first-order chi connectivity index (χ1) is 11.2. The fourth-order valence-electron chi connectivity index (χ4n) is 3.18. The Morgan fingerprint density at radius 2 is 1.75 bits per heavy atom. The molecule has 2 atom stereocenters. The van der Waals surface area contributed by atoms with E-state index in [1.165, 1.54) is 30.6 Å². The highest BCUT2D eigenvalue weighted by Gasteiger charge is 2.37. The summed E-state index contributed by atoms with van der Waals surface area (Å²) in [7, 11) is 0. The van der Waals surface area contributed by atoms with Crippen molar-refractivity contribution in [3.8, 4) is 0 Å². The van der Waals surface area contributed by atoms with Crippen LogP contribution in [0.2, 0.25) is 0 Å². The third-order valence-corrected chi connectivity index (χ3v) is 4.61. The average Bonchev–Trinajstić information content (AvgIpc) is 2.89. The molecule has 1 fully saturated rings. The van der Waals surface area contributed by atoms with E-state index in [1.54, 1.807) is 6.92 Å². The molecule has 0 aromatic rings. The highest BCUT2D eigenvalue weighted by Crippen LogP contribution is 2.22. The van der Waals surface area contributed by atoms with Crippen molar-refractivity contribution >= 4 is 11.8 Å². The minimum atomic E-state index is -0.584. The quantitative estimate of drug-likeness (QED) is 0.634. The largest absolute Gasteiger partial charge is 0.391 e. The van der Waals surface area contributed by atoms with Crippen LogP contribution in [0, 0.1) is 5.41 Å². The molecule has 1 aliphatic heterocycles. The molecule has 5 heteroatoms. The fraction of sp³-hybridized carbons (Fsp3) is 0.895. The van der Waals surface area contributed by atoms with E-state index in [-0.39, 0.29) is 18.4 Å². The summed E-state index contributed by atoms with van der Waals surface area (Å²) in [6, 6.07) is -0.501. The van der Waals surface area contributed by atoms with Crippen molar-refractivity contribution in [2.45, 2.75) is 91.2 Å². The van der Waals surface area contributed by atoms with E-state index < -0.39 is 12.1 Å². The molecule has 0 aromatic carbocycles. The van der Waals surface area contributed by atoms with Gasteiger partial charge in [0.1, 0.15) is 6.04 Å². The van der Waals surface area contributed by atoms with Crippen LogP contribution in [0.1, 0.15) is 79.1 Å². The maximum atomic E-state index is 12.3. The number of likely N-dealkylation sites (tertiary alicyclic amines) is 1.